The SMILES string of the molecule is CC[C@H](C)[C@@H](C(CC(=O)N1CCC[C@H]1[C@H](OC)[C@@H](C)C(=O)C[C@@H](Cc1ccccc1)C(=O)NC(C)(C)C)OC)N(C)C(=O)[C@@H](CC(=O)[C@H](C(C)C)N(C)C(C)C)C(C)C. The first-order valence-electron chi connectivity index (χ1n) is 22.3. The second kappa shape index (κ2) is 23.7. The molecule has 11 nitrogen and oxygen atoms in total. The lowest BCUT2D eigenvalue weighted by Gasteiger charge is -2.41. The van der Waals surface area contributed by atoms with E-state index in [4.69, 9.17) is 9.47 Å². The number of carbonyl (C=O) groups excluding carboxylic acids is 5. The number of hydrogen-bond donors (Lipinski definition) is 1. The molecule has 1 saturated heterocycles. The zero-order valence-electron chi connectivity index (χ0n) is 39.7. The number of rotatable bonds is 24. The second-order valence-electron chi connectivity index (χ2n) is 19.4. The van der Waals surface area contributed by atoms with Crippen LogP contribution in [0.1, 0.15) is 127 Å². The van der Waals surface area contributed by atoms with E-state index in [2.05, 4.69) is 51.8 Å². The number of Topliss-reactive ketones (excluding diaryl/α,β-unsaturated/α-hetero) is 2. The van der Waals surface area contributed by atoms with Gasteiger partial charge in [-0.2, -0.15) is 0 Å². The summed E-state index contributed by atoms with van der Waals surface area (Å²) in [6.45, 7) is 24.5. The van der Waals surface area contributed by atoms with Crippen LogP contribution in [0.4, 0.5) is 0 Å². The summed E-state index contributed by atoms with van der Waals surface area (Å²) in [5.74, 6) is -2.05. The summed E-state index contributed by atoms with van der Waals surface area (Å²) in [5.41, 5.74) is 0.531. The number of carbonyl (C=O) groups is 5. The Bertz CT molecular complexity index is 1490. The van der Waals surface area contributed by atoms with Crippen LogP contribution in [-0.4, -0.2) is 121 Å². The third kappa shape index (κ3) is 14.8. The predicted molar refractivity (Wildman–Crippen MR) is 237 cm³/mol. The normalized spacial score (nSPS) is 19.0. The molecule has 1 unspecified atom stereocenters. The fourth-order valence-electron chi connectivity index (χ4n) is 8.99. The van der Waals surface area contributed by atoms with Crippen LogP contribution in [0.3, 0.4) is 0 Å². The number of ether oxygens (including phenoxy) is 2. The Balaban J connectivity index is 2.33. The highest BCUT2D eigenvalue weighted by Gasteiger charge is 2.44. The van der Waals surface area contributed by atoms with Crippen LogP contribution < -0.4 is 5.32 Å². The van der Waals surface area contributed by atoms with Crippen molar-refractivity contribution < 1.29 is 33.4 Å². The highest BCUT2D eigenvalue weighted by atomic mass is 16.5. The Morgan fingerprint density at radius 1 is 0.847 bits per heavy atom. The number of methoxy groups -OCH3 is 2. The molecule has 1 heterocycles. The third-order valence-corrected chi connectivity index (χ3v) is 12.8. The van der Waals surface area contributed by atoms with E-state index in [9.17, 15) is 24.0 Å². The highest BCUT2D eigenvalue weighted by molar-refractivity contribution is 5.90. The minimum Gasteiger partial charge on any atom is -0.379 e. The monoisotopic (exact) mass is 827 g/mol. The van der Waals surface area contributed by atoms with Crippen molar-refractivity contribution in [1.82, 2.24) is 20.0 Å². The minimum absolute atomic E-state index is 0.00115. The van der Waals surface area contributed by atoms with E-state index in [-0.39, 0.29) is 84.4 Å². The number of amides is 3. The molecule has 0 aromatic heterocycles. The van der Waals surface area contributed by atoms with Crippen molar-refractivity contribution in [2.24, 2.45) is 35.5 Å². The quantitative estimate of drug-likeness (QED) is 0.116. The first-order valence-corrected chi connectivity index (χ1v) is 22.3. The number of ketones is 2. The lowest BCUT2D eigenvalue weighted by atomic mass is 9.83. The van der Waals surface area contributed by atoms with Crippen LogP contribution in [-0.2, 0) is 39.9 Å². The Labute approximate surface area is 358 Å². The first-order chi connectivity index (χ1) is 27.5. The van der Waals surface area contributed by atoms with Crippen LogP contribution in [0.5, 0.6) is 0 Å². The molecule has 2 rings (SSSR count). The van der Waals surface area contributed by atoms with Gasteiger partial charge in [0.1, 0.15) is 5.78 Å². The van der Waals surface area contributed by atoms with Gasteiger partial charge in [0.15, 0.2) is 5.78 Å². The van der Waals surface area contributed by atoms with Gasteiger partial charge in [0.2, 0.25) is 17.7 Å². The summed E-state index contributed by atoms with van der Waals surface area (Å²) in [5, 5.41) is 3.07. The molecule has 11 heteroatoms. The molecule has 0 radical (unpaired) electrons. The average molecular weight is 827 g/mol. The molecule has 59 heavy (non-hydrogen) atoms. The summed E-state index contributed by atoms with van der Waals surface area (Å²) < 4.78 is 12.2. The van der Waals surface area contributed by atoms with Gasteiger partial charge >= 0.3 is 0 Å². The first kappa shape index (κ1) is 52.0. The predicted octanol–water partition coefficient (Wildman–Crippen LogP) is 7.24. The maximum absolute atomic E-state index is 14.5. The highest BCUT2D eigenvalue weighted by Crippen LogP contribution is 2.32. The molecular weight excluding hydrogens is 745 g/mol. The molecule has 1 aliphatic heterocycles. The lowest BCUT2D eigenvalue weighted by Crippen LogP contribution is -2.54. The molecular formula is C48H82N4O7. The van der Waals surface area contributed by atoms with Crippen molar-refractivity contribution in [3.8, 4) is 0 Å². The summed E-state index contributed by atoms with van der Waals surface area (Å²) in [4.78, 5) is 76.0. The van der Waals surface area contributed by atoms with Gasteiger partial charge in [-0.15, -0.1) is 0 Å². The Morgan fingerprint density at radius 3 is 1.95 bits per heavy atom. The van der Waals surface area contributed by atoms with Crippen molar-refractivity contribution in [3.63, 3.8) is 0 Å². The molecule has 1 N–H and O–H groups in total. The number of benzene rings is 1. The molecule has 9 atom stereocenters. The standard InChI is InChI=1S/C48H82N4O7/c1-17-33(8)44(51(14)47(57)37(30(2)3)28-40(54)43(31(4)5)50(13)32(6)7)41(58-15)29-42(55)52-25-21-24-38(52)45(59-16)34(9)39(53)27-36(46(56)49-48(10,11)12)26-35-22-19-18-20-23-35/h18-20,22-23,30-34,36-38,41,43-45H,17,21,24-29H2,1-16H3,(H,49,56)/t33-,34-,36+,37-,38-,41?,43-,44-,45+/m0/s1. The zero-order valence-corrected chi connectivity index (χ0v) is 39.7. The maximum Gasteiger partial charge on any atom is 0.226 e. The van der Waals surface area contributed by atoms with E-state index in [1.54, 1.807) is 26.2 Å². The molecule has 0 aliphatic carbocycles. The average Bonchev–Trinajstić information content (AvgIpc) is 3.65. The van der Waals surface area contributed by atoms with Crippen LogP contribution >= 0.6 is 0 Å². The van der Waals surface area contributed by atoms with Crippen molar-refractivity contribution in [3.05, 3.63) is 35.9 Å². The molecule has 1 aromatic rings. The molecule has 0 spiro atoms. The van der Waals surface area contributed by atoms with Gasteiger partial charge in [0.25, 0.3) is 0 Å². The molecule has 1 aliphatic rings. The summed E-state index contributed by atoms with van der Waals surface area (Å²) in [6, 6.07) is 8.86. The van der Waals surface area contributed by atoms with Gasteiger partial charge in [0, 0.05) is 70.0 Å². The van der Waals surface area contributed by atoms with Crippen molar-refractivity contribution in [2.45, 2.75) is 170 Å². The third-order valence-electron chi connectivity index (χ3n) is 12.8. The Hall–Kier alpha value is -3.15. The van der Waals surface area contributed by atoms with Gasteiger partial charge in [-0.25, -0.2) is 0 Å². The molecule has 1 fully saturated rings. The molecule has 0 saturated carbocycles. The van der Waals surface area contributed by atoms with Gasteiger partial charge < -0.3 is 24.6 Å². The van der Waals surface area contributed by atoms with Gasteiger partial charge in [-0.3, -0.25) is 28.9 Å². The maximum atomic E-state index is 14.5. The number of likely N-dealkylation sites (N-methyl/N-ethyl adjacent to an activating group) is 2. The number of hydrogen-bond acceptors (Lipinski definition) is 8. The van der Waals surface area contributed by atoms with E-state index < -0.39 is 41.5 Å². The minimum atomic E-state index is -0.605. The van der Waals surface area contributed by atoms with Crippen molar-refractivity contribution in [2.75, 3.05) is 34.9 Å². The Kier molecular flexibility index (Phi) is 20.9. The van der Waals surface area contributed by atoms with Gasteiger partial charge in [0.05, 0.1) is 36.8 Å². The van der Waals surface area contributed by atoms with Crippen LogP contribution in [0.25, 0.3) is 0 Å². The van der Waals surface area contributed by atoms with Crippen LogP contribution in [0.2, 0.25) is 0 Å². The molecule has 336 valence electrons. The molecule has 0 bridgehead atoms. The topological polar surface area (TPSA) is 126 Å². The smallest absolute Gasteiger partial charge is 0.226 e. The fraction of sp³-hybridized carbons (Fsp3) is 0.771. The number of nitrogens with one attached hydrogen (secondary N) is 1. The summed E-state index contributed by atoms with van der Waals surface area (Å²) >= 11 is 0. The van der Waals surface area contributed by atoms with Crippen LogP contribution in [0.15, 0.2) is 30.3 Å². The van der Waals surface area contributed by atoms with E-state index >= 15 is 0 Å². The van der Waals surface area contributed by atoms with Crippen molar-refractivity contribution in [1.29, 1.82) is 0 Å². The fourth-order valence-corrected chi connectivity index (χ4v) is 8.99. The number of likely N-dealkylation sites (tertiary alicyclic amines) is 1. The van der Waals surface area contributed by atoms with Gasteiger partial charge in [-0.1, -0.05) is 85.2 Å². The summed E-state index contributed by atoms with van der Waals surface area (Å²) in [6.07, 6.45) is 1.70. The Morgan fingerprint density at radius 2 is 1.46 bits per heavy atom. The lowest BCUT2D eigenvalue weighted by molar-refractivity contribution is -0.149. The van der Waals surface area contributed by atoms with Gasteiger partial charge in [-0.05, 0) is 84.2 Å². The van der Waals surface area contributed by atoms with E-state index in [1.807, 2.05) is 83.8 Å². The van der Waals surface area contributed by atoms with Crippen LogP contribution in [0, 0.1) is 35.5 Å². The van der Waals surface area contributed by atoms with E-state index in [0.29, 0.717) is 19.4 Å². The largest absolute Gasteiger partial charge is 0.379 e. The van der Waals surface area contributed by atoms with Crippen molar-refractivity contribution >= 4 is 29.3 Å². The van der Waals surface area contributed by atoms with E-state index in [0.717, 1.165) is 18.4 Å². The summed E-state index contributed by atoms with van der Waals surface area (Å²) in [7, 11) is 6.93. The van der Waals surface area contributed by atoms with E-state index in [1.165, 1.54) is 0 Å². The second-order valence-corrected chi connectivity index (χ2v) is 19.4. The zero-order chi connectivity index (χ0) is 44.9. The molecule has 3 amide bonds. The number of nitrogens with zero attached hydrogens (tertiary/aromatic N) is 3. The molecule has 1 aromatic carbocycles.